The van der Waals surface area contributed by atoms with Crippen molar-refractivity contribution in [1.82, 2.24) is 10.3 Å². The number of hydrogen-bond donors (Lipinski definition) is 2. The van der Waals surface area contributed by atoms with Crippen molar-refractivity contribution < 1.29 is 9.59 Å². The summed E-state index contributed by atoms with van der Waals surface area (Å²) in [5, 5.41) is 3.21. The summed E-state index contributed by atoms with van der Waals surface area (Å²) in [6.45, 7) is 0. The van der Waals surface area contributed by atoms with Gasteiger partial charge in [-0.05, 0) is 22.9 Å². The predicted molar refractivity (Wildman–Crippen MR) is 64.7 cm³/mol. The van der Waals surface area contributed by atoms with E-state index in [1.54, 1.807) is 6.20 Å². The van der Waals surface area contributed by atoms with Gasteiger partial charge in [-0.2, -0.15) is 0 Å². The molecule has 2 amide bonds. The lowest BCUT2D eigenvalue weighted by molar-refractivity contribution is -0.122. The number of rotatable bonds is 7. The van der Waals surface area contributed by atoms with Gasteiger partial charge < -0.3 is 11.1 Å². The second-order valence-electron chi connectivity index (χ2n) is 2.78. The molecule has 0 aliphatic heterocycles. The Labute approximate surface area is 101 Å². The third kappa shape index (κ3) is 4.54. The minimum atomic E-state index is -0.640. The third-order valence-corrected chi connectivity index (χ3v) is 3.90. The van der Waals surface area contributed by atoms with Gasteiger partial charge in [0.1, 0.15) is 11.1 Å². The molecule has 7 heteroatoms. The van der Waals surface area contributed by atoms with Crippen molar-refractivity contribution in [3.8, 4) is 0 Å². The normalized spacial score (nSPS) is 11.8. The van der Waals surface area contributed by atoms with Crippen LogP contribution >= 0.6 is 21.6 Å². The standard InChI is InChI=1S/C9H11N3O2S2/c10-9(14)7(12-6-13)5-15-16-8-3-1-2-4-11-8/h1-4,6-7H,5H2,(H2,10,14)(H,12,13). The van der Waals surface area contributed by atoms with Crippen molar-refractivity contribution in [1.29, 1.82) is 0 Å². The van der Waals surface area contributed by atoms with E-state index < -0.39 is 11.9 Å². The Balaban J connectivity index is 2.33. The molecule has 1 heterocycles. The zero-order valence-electron chi connectivity index (χ0n) is 8.33. The Morgan fingerprint density at radius 1 is 1.62 bits per heavy atom. The smallest absolute Gasteiger partial charge is 0.240 e. The van der Waals surface area contributed by atoms with Crippen LogP contribution in [0.2, 0.25) is 0 Å². The number of nitrogens with zero attached hydrogens (tertiary/aromatic N) is 1. The first-order chi connectivity index (χ1) is 7.74. The summed E-state index contributed by atoms with van der Waals surface area (Å²) in [7, 11) is 2.85. The summed E-state index contributed by atoms with van der Waals surface area (Å²) in [6, 6.07) is 4.93. The second-order valence-corrected chi connectivity index (χ2v) is 5.14. The van der Waals surface area contributed by atoms with E-state index in [0.717, 1.165) is 5.03 Å². The molecule has 0 saturated carbocycles. The fourth-order valence-electron chi connectivity index (χ4n) is 0.853. The highest BCUT2D eigenvalue weighted by atomic mass is 33.1. The maximum absolute atomic E-state index is 10.9. The average Bonchev–Trinajstić information content (AvgIpc) is 2.29. The van der Waals surface area contributed by atoms with E-state index in [1.807, 2.05) is 18.2 Å². The van der Waals surface area contributed by atoms with Crippen LogP contribution in [0.25, 0.3) is 0 Å². The van der Waals surface area contributed by atoms with E-state index in [4.69, 9.17) is 5.73 Å². The Bertz CT molecular complexity index is 348. The van der Waals surface area contributed by atoms with Gasteiger partial charge in [0.2, 0.25) is 12.3 Å². The number of hydrogen-bond acceptors (Lipinski definition) is 5. The van der Waals surface area contributed by atoms with Gasteiger partial charge in [-0.25, -0.2) is 4.98 Å². The molecule has 0 fully saturated rings. The van der Waals surface area contributed by atoms with E-state index in [9.17, 15) is 9.59 Å². The fourth-order valence-corrected chi connectivity index (χ4v) is 2.95. The number of amides is 2. The third-order valence-electron chi connectivity index (χ3n) is 1.63. The molecule has 0 aliphatic rings. The molecule has 0 spiro atoms. The maximum atomic E-state index is 10.9. The zero-order chi connectivity index (χ0) is 11.8. The van der Waals surface area contributed by atoms with Crippen molar-refractivity contribution in [3.05, 3.63) is 24.4 Å². The van der Waals surface area contributed by atoms with Gasteiger partial charge in [0.05, 0.1) is 0 Å². The molecule has 1 aromatic heterocycles. The lowest BCUT2D eigenvalue weighted by Crippen LogP contribution is -2.42. The minimum absolute atomic E-state index is 0.412. The number of nitrogens with two attached hydrogens (primary N) is 1. The van der Waals surface area contributed by atoms with Gasteiger partial charge in [-0.15, -0.1) is 0 Å². The molecule has 0 aromatic carbocycles. The average molecular weight is 257 g/mol. The van der Waals surface area contributed by atoms with Crippen LogP contribution < -0.4 is 11.1 Å². The minimum Gasteiger partial charge on any atom is -0.368 e. The summed E-state index contributed by atoms with van der Waals surface area (Å²) in [6.07, 6.45) is 2.17. The summed E-state index contributed by atoms with van der Waals surface area (Å²) in [5.41, 5.74) is 5.10. The number of nitrogens with one attached hydrogen (secondary N) is 1. The van der Waals surface area contributed by atoms with Gasteiger partial charge in [-0.3, -0.25) is 9.59 Å². The zero-order valence-corrected chi connectivity index (χ0v) is 9.96. The van der Waals surface area contributed by atoms with Crippen LogP contribution in [0.15, 0.2) is 29.4 Å². The van der Waals surface area contributed by atoms with Crippen LogP contribution in [-0.4, -0.2) is 29.1 Å². The number of aromatic nitrogens is 1. The molecule has 0 aliphatic carbocycles. The first kappa shape index (κ1) is 12.9. The number of carbonyl (C=O) groups is 2. The van der Waals surface area contributed by atoms with E-state index in [0.29, 0.717) is 12.2 Å². The van der Waals surface area contributed by atoms with Crippen molar-refractivity contribution in [2.45, 2.75) is 11.1 Å². The quantitative estimate of drug-likeness (QED) is 0.546. The molecule has 0 bridgehead atoms. The first-order valence-electron chi connectivity index (χ1n) is 4.43. The van der Waals surface area contributed by atoms with Crippen LogP contribution in [0.1, 0.15) is 0 Å². The molecule has 16 heavy (non-hydrogen) atoms. The fraction of sp³-hybridized carbons (Fsp3) is 0.222. The molecule has 1 unspecified atom stereocenters. The molecular formula is C9H11N3O2S2. The molecule has 5 nitrogen and oxygen atoms in total. The van der Waals surface area contributed by atoms with Crippen molar-refractivity contribution in [2.75, 3.05) is 5.75 Å². The topological polar surface area (TPSA) is 85.1 Å². The Morgan fingerprint density at radius 2 is 2.44 bits per heavy atom. The van der Waals surface area contributed by atoms with E-state index in [1.165, 1.54) is 21.6 Å². The number of primary amides is 1. The molecule has 1 rings (SSSR count). The highest BCUT2D eigenvalue weighted by Gasteiger charge is 2.14. The van der Waals surface area contributed by atoms with E-state index in [-0.39, 0.29) is 0 Å². The van der Waals surface area contributed by atoms with Gasteiger partial charge in [0, 0.05) is 11.9 Å². The Hall–Kier alpha value is -1.21. The largest absolute Gasteiger partial charge is 0.368 e. The lowest BCUT2D eigenvalue weighted by Gasteiger charge is -2.10. The van der Waals surface area contributed by atoms with Crippen molar-refractivity contribution in [2.24, 2.45) is 5.73 Å². The molecular weight excluding hydrogens is 246 g/mol. The predicted octanol–water partition coefficient (Wildman–Crippen LogP) is 0.422. The van der Waals surface area contributed by atoms with Crippen LogP contribution in [0.4, 0.5) is 0 Å². The molecule has 0 saturated heterocycles. The first-order valence-corrected chi connectivity index (χ1v) is 6.75. The number of carbonyl (C=O) groups excluding carboxylic acids is 2. The summed E-state index contributed by atoms with van der Waals surface area (Å²) >= 11 is 0. The molecule has 1 aromatic rings. The summed E-state index contributed by atoms with van der Waals surface area (Å²) in [4.78, 5) is 25.2. The van der Waals surface area contributed by atoms with E-state index in [2.05, 4.69) is 10.3 Å². The molecule has 86 valence electrons. The highest BCUT2D eigenvalue weighted by Crippen LogP contribution is 2.29. The summed E-state index contributed by atoms with van der Waals surface area (Å²) in [5.74, 6) is -0.129. The number of pyridine rings is 1. The lowest BCUT2D eigenvalue weighted by atomic mass is 10.3. The summed E-state index contributed by atoms with van der Waals surface area (Å²) < 4.78 is 0. The highest BCUT2D eigenvalue weighted by molar-refractivity contribution is 8.76. The van der Waals surface area contributed by atoms with Gasteiger partial charge in [0.25, 0.3) is 0 Å². The molecule has 1 atom stereocenters. The van der Waals surface area contributed by atoms with Gasteiger partial charge >= 0.3 is 0 Å². The van der Waals surface area contributed by atoms with Gasteiger partial charge in [0.15, 0.2) is 0 Å². The van der Waals surface area contributed by atoms with Crippen LogP contribution in [0.5, 0.6) is 0 Å². The SMILES string of the molecule is NC(=O)C(CSSc1ccccn1)NC=O. The molecule has 0 radical (unpaired) electrons. The maximum Gasteiger partial charge on any atom is 0.240 e. The van der Waals surface area contributed by atoms with Crippen LogP contribution in [0.3, 0.4) is 0 Å². The van der Waals surface area contributed by atoms with Crippen LogP contribution in [-0.2, 0) is 9.59 Å². The van der Waals surface area contributed by atoms with Crippen molar-refractivity contribution in [3.63, 3.8) is 0 Å². The van der Waals surface area contributed by atoms with Crippen LogP contribution in [0, 0.1) is 0 Å². The molecule has 3 N–H and O–H groups in total. The second kappa shape index (κ2) is 7.13. The van der Waals surface area contributed by atoms with Crippen molar-refractivity contribution >= 4 is 33.9 Å². The van der Waals surface area contributed by atoms with E-state index >= 15 is 0 Å². The monoisotopic (exact) mass is 257 g/mol. The Kier molecular flexibility index (Phi) is 5.73. The Morgan fingerprint density at radius 3 is 3.00 bits per heavy atom. The van der Waals surface area contributed by atoms with Gasteiger partial charge in [-0.1, -0.05) is 16.9 Å².